The van der Waals surface area contributed by atoms with Crippen LogP contribution in [0.25, 0.3) is 147 Å². The van der Waals surface area contributed by atoms with Gasteiger partial charge in [-0.15, -0.1) is 11.3 Å². The van der Waals surface area contributed by atoms with Crippen molar-refractivity contribution in [3.63, 3.8) is 0 Å². The molecule has 0 saturated carbocycles. The van der Waals surface area contributed by atoms with Crippen molar-refractivity contribution in [3.8, 4) is 39.9 Å². The van der Waals surface area contributed by atoms with Gasteiger partial charge in [-0.3, -0.25) is 0 Å². The Kier molecular flexibility index (Phi) is 7.59. The average Bonchev–Trinajstić information content (AvgIpc) is 4.05. The van der Waals surface area contributed by atoms with Crippen molar-refractivity contribution >= 4 is 118 Å². The molecule has 11 aromatic carbocycles. The molecule has 6 heteroatoms. The highest BCUT2D eigenvalue weighted by molar-refractivity contribution is 7.26. The van der Waals surface area contributed by atoms with Gasteiger partial charge in [-0.2, -0.15) is 0 Å². The molecule has 15 aromatic rings. The second-order valence-corrected chi connectivity index (χ2v) is 18.5. The lowest BCUT2D eigenvalue weighted by Crippen LogP contribution is -2.03. The summed E-state index contributed by atoms with van der Waals surface area (Å²) in [5.41, 5.74) is 7.58. The van der Waals surface area contributed by atoms with Gasteiger partial charge in [0.2, 0.25) is 0 Å². The number of thiophene rings is 1. The Morgan fingerprint density at radius 1 is 0.388 bits per heavy atom. The van der Waals surface area contributed by atoms with Crippen molar-refractivity contribution in [1.29, 1.82) is 0 Å². The molecule has 0 saturated heterocycles. The van der Waals surface area contributed by atoms with Crippen LogP contribution in [-0.4, -0.2) is 19.5 Å². The first-order valence-electron chi connectivity index (χ1n) is 22.6. The van der Waals surface area contributed by atoms with Gasteiger partial charge in [0.25, 0.3) is 0 Å². The molecule has 0 unspecified atom stereocenters. The van der Waals surface area contributed by atoms with Crippen LogP contribution in [0.1, 0.15) is 0 Å². The van der Waals surface area contributed by atoms with Gasteiger partial charge < -0.3 is 8.98 Å². The van der Waals surface area contributed by atoms with Crippen LogP contribution >= 0.6 is 11.3 Å². The summed E-state index contributed by atoms with van der Waals surface area (Å²) in [4.78, 5) is 16.4. The summed E-state index contributed by atoms with van der Waals surface area (Å²) in [6.45, 7) is 0. The lowest BCUT2D eigenvalue weighted by atomic mass is 9.95. The molecule has 4 aromatic heterocycles. The number of benzene rings is 11. The summed E-state index contributed by atoms with van der Waals surface area (Å²) >= 11 is 1.78. The highest BCUT2D eigenvalue weighted by atomic mass is 32.1. The molecule has 0 aliphatic carbocycles. The SMILES string of the molecule is c1ccc2cc(-c3nc(-c4cccc5c4sc4ccccc45)nc(-c4c5ccccc5c(-n5c6cc7ccccc7cc6c6cc7ccccc7cc65)c5oc6ccccc6c45)n3)ccc2c1. The molecule has 67 heavy (non-hydrogen) atoms. The quantitative estimate of drug-likeness (QED) is 0.177. The number of hydrogen-bond acceptors (Lipinski definition) is 5. The predicted molar refractivity (Wildman–Crippen MR) is 281 cm³/mol. The van der Waals surface area contributed by atoms with Gasteiger partial charge in [-0.25, -0.2) is 15.0 Å². The maximum absolute atomic E-state index is 7.23. The molecule has 0 radical (unpaired) electrons. The number of rotatable bonds is 4. The smallest absolute Gasteiger partial charge is 0.165 e. The number of nitrogens with zero attached hydrogens (tertiary/aromatic N) is 4. The van der Waals surface area contributed by atoms with Crippen LogP contribution in [0.4, 0.5) is 0 Å². The van der Waals surface area contributed by atoms with Crippen molar-refractivity contribution in [2.45, 2.75) is 0 Å². The van der Waals surface area contributed by atoms with Gasteiger partial charge in [0.15, 0.2) is 23.1 Å². The first-order valence-corrected chi connectivity index (χ1v) is 23.4. The Hall–Kier alpha value is -8.71. The summed E-state index contributed by atoms with van der Waals surface area (Å²) in [6, 6.07) is 73.8. The van der Waals surface area contributed by atoms with Crippen molar-refractivity contribution in [2.75, 3.05) is 0 Å². The van der Waals surface area contributed by atoms with E-state index in [1.54, 1.807) is 11.3 Å². The van der Waals surface area contributed by atoms with Crippen LogP contribution in [0.15, 0.2) is 211 Å². The Morgan fingerprint density at radius 3 is 1.67 bits per heavy atom. The zero-order valence-electron chi connectivity index (χ0n) is 35.7. The molecule has 0 aliphatic heterocycles. The normalized spacial score (nSPS) is 12.2. The molecular formula is C61H34N4OS. The monoisotopic (exact) mass is 870 g/mol. The lowest BCUT2D eigenvalue weighted by molar-refractivity contribution is 0.667. The van der Waals surface area contributed by atoms with Gasteiger partial charge in [0.05, 0.1) is 16.7 Å². The zero-order valence-corrected chi connectivity index (χ0v) is 36.6. The van der Waals surface area contributed by atoms with E-state index in [9.17, 15) is 0 Å². The third kappa shape index (κ3) is 5.39. The van der Waals surface area contributed by atoms with Crippen LogP contribution in [-0.2, 0) is 0 Å². The largest absolute Gasteiger partial charge is 0.454 e. The standard InChI is InChI=1S/C61H34N4OS/c1-2-15-36-30-41(29-28-35(36)14-1)59-62-60(47-25-13-24-45-42-20-10-12-27-53(42)67-58(45)47)64-61(63-59)55-43-21-7-8-22-44(43)56(57-54(55)46-23-9-11-26-52(46)66-57)65-50-33-39-18-5-3-16-37(39)31-48(50)49-32-38-17-4-6-19-40(38)34-51(49)65/h1-34H. The van der Waals surface area contributed by atoms with Crippen molar-refractivity contribution in [3.05, 3.63) is 206 Å². The predicted octanol–water partition coefficient (Wildman–Crippen LogP) is 16.8. The number of furan rings is 1. The fourth-order valence-electron chi connectivity index (χ4n) is 10.7. The molecule has 0 atom stereocenters. The summed E-state index contributed by atoms with van der Waals surface area (Å²) in [5.74, 6) is 1.82. The van der Waals surface area contributed by atoms with E-state index in [-0.39, 0.29) is 0 Å². The molecule has 0 amide bonds. The second kappa shape index (κ2) is 13.9. The minimum absolute atomic E-state index is 0.588. The van der Waals surface area contributed by atoms with Crippen LogP contribution in [0, 0.1) is 0 Å². The Balaban J connectivity index is 1.10. The van der Waals surface area contributed by atoms with Gasteiger partial charge in [0.1, 0.15) is 5.58 Å². The van der Waals surface area contributed by atoms with Crippen molar-refractivity contribution in [1.82, 2.24) is 19.5 Å². The highest BCUT2D eigenvalue weighted by Gasteiger charge is 2.28. The highest BCUT2D eigenvalue weighted by Crippen LogP contribution is 2.48. The zero-order chi connectivity index (χ0) is 43.7. The minimum Gasteiger partial charge on any atom is -0.454 e. The van der Waals surface area contributed by atoms with E-state index in [1.165, 1.54) is 47.8 Å². The van der Waals surface area contributed by atoms with E-state index in [4.69, 9.17) is 19.4 Å². The summed E-state index contributed by atoms with van der Waals surface area (Å²) in [7, 11) is 0. The van der Waals surface area contributed by atoms with Crippen LogP contribution in [0.3, 0.4) is 0 Å². The molecule has 4 heterocycles. The van der Waals surface area contributed by atoms with E-state index < -0.39 is 0 Å². The number of para-hydroxylation sites is 1. The van der Waals surface area contributed by atoms with E-state index in [1.807, 2.05) is 6.07 Å². The summed E-state index contributed by atoms with van der Waals surface area (Å²) < 4.78 is 12.1. The van der Waals surface area contributed by atoms with E-state index in [0.717, 1.165) is 81.6 Å². The Morgan fingerprint density at radius 2 is 0.940 bits per heavy atom. The fourth-order valence-corrected chi connectivity index (χ4v) is 11.9. The molecule has 5 nitrogen and oxygen atoms in total. The van der Waals surface area contributed by atoms with Crippen LogP contribution < -0.4 is 0 Å². The molecular weight excluding hydrogens is 837 g/mol. The second-order valence-electron chi connectivity index (χ2n) is 17.5. The number of fused-ring (bicyclic) bond motifs is 13. The van der Waals surface area contributed by atoms with Crippen LogP contribution in [0.5, 0.6) is 0 Å². The van der Waals surface area contributed by atoms with Gasteiger partial charge in [-0.1, -0.05) is 158 Å². The average molecular weight is 871 g/mol. The first-order chi connectivity index (χ1) is 33.2. The van der Waals surface area contributed by atoms with Crippen LogP contribution in [0.2, 0.25) is 0 Å². The molecule has 0 aliphatic rings. The third-order valence-corrected chi connectivity index (χ3v) is 15.0. The topological polar surface area (TPSA) is 56.7 Å². The first kappa shape index (κ1) is 36.6. The van der Waals surface area contributed by atoms with Gasteiger partial charge in [-0.05, 0) is 86.2 Å². The molecule has 0 spiro atoms. The summed E-state index contributed by atoms with van der Waals surface area (Å²) in [6.07, 6.45) is 0. The van der Waals surface area contributed by atoms with E-state index >= 15 is 0 Å². The summed E-state index contributed by atoms with van der Waals surface area (Å²) in [5, 5.41) is 15.9. The minimum atomic E-state index is 0.588. The lowest BCUT2D eigenvalue weighted by Gasteiger charge is -2.17. The molecule has 310 valence electrons. The Bertz CT molecular complexity index is 4500. The maximum atomic E-state index is 7.23. The molecule has 0 bridgehead atoms. The maximum Gasteiger partial charge on any atom is 0.165 e. The number of hydrogen-bond donors (Lipinski definition) is 0. The van der Waals surface area contributed by atoms with E-state index in [0.29, 0.717) is 17.5 Å². The van der Waals surface area contributed by atoms with E-state index in [2.05, 4.69) is 205 Å². The molecule has 0 fully saturated rings. The van der Waals surface area contributed by atoms with Crippen molar-refractivity contribution < 1.29 is 4.42 Å². The van der Waals surface area contributed by atoms with Gasteiger partial charge >= 0.3 is 0 Å². The van der Waals surface area contributed by atoms with Crippen molar-refractivity contribution in [2.24, 2.45) is 0 Å². The fraction of sp³-hybridized carbons (Fsp3) is 0. The number of aromatic nitrogens is 4. The van der Waals surface area contributed by atoms with Gasteiger partial charge in [0, 0.05) is 63.8 Å². The third-order valence-electron chi connectivity index (χ3n) is 13.7. The Labute approximate surface area is 386 Å². The molecule has 0 N–H and O–H groups in total. The molecule has 15 rings (SSSR count).